The number of nitrogens with one attached hydrogen (secondary N) is 1. The van der Waals surface area contributed by atoms with Crippen LogP contribution in [0, 0.1) is 0 Å². The van der Waals surface area contributed by atoms with E-state index in [0.717, 1.165) is 25.1 Å². The first-order valence-electron chi connectivity index (χ1n) is 10.8. The number of aliphatic imine (C=N–C) groups is 1. The number of hydrogen-bond acceptors (Lipinski definition) is 3. The first-order valence-corrected chi connectivity index (χ1v) is 10.8. The Morgan fingerprint density at radius 2 is 1.77 bits per heavy atom. The van der Waals surface area contributed by atoms with Gasteiger partial charge in [0.25, 0.3) is 0 Å². The molecule has 144 valence electrons. The molecule has 1 N–H and O–H groups in total. The van der Waals surface area contributed by atoms with Crippen LogP contribution in [0.2, 0.25) is 0 Å². The standard InChI is InChI=1S/C23H36N2O/c1-3-4-5-6-7-8-9-10-11-12-22-23-19(15-16-24-22)20-17-18(26-2)13-14-21(20)25-23/h13-14,17,19,23,25H,3-12,15-16H2,1-2H3. The van der Waals surface area contributed by atoms with Crippen molar-refractivity contribution in [2.24, 2.45) is 4.99 Å². The summed E-state index contributed by atoms with van der Waals surface area (Å²) < 4.78 is 5.42. The second kappa shape index (κ2) is 9.99. The zero-order valence-electron chi connectivity index (χ0n) is 16.7. The van der Waals surface area contributed by atoms with E-state index in [1.807, 2.05) is 0 Å². The third kappa shape index (κ3) is 4.81. The molecule has 3 nitrogen and oxygen atoms in total. The van der Waals surface area contributed by atoms with Crippen molar-refractivity contribution in [3.8, 4) is 5.75 Å². The van der Waals surface area contributed by atoms with E-state index in [9.17, 15) is 0 Å². The molecule has 0 aromatic heterocycles. The average Bonchev–Trinajstić information content (AvgIpc) is 3.05. The number of fused-ring (bicyclic) bond motifs is 3. The van der Waals surface area contributed by atoms with Crippen LogP contribution in [0.4, 0.5) is 5.69 Å². The molecule has 0 bridgehead atoms. The first-order chi connectivity index (χ1) is 12.8. The van der Waals surface area contributed by atoms with Gasteiger partial charge in [0.2, 0.25) is 0 Å². The summed E-state index contributed by atoms with van der Waals surface area (Å²) >= 11 is 0. The maximum absolute atomic E-state index is 5.42. The number of hydrogen-bond donors (Lipinski definition) is 1. The van der Waals surface area contributed by atoms with Crippen LogP contribution < -0.4 is 10.1 Å². The van der Waals surface area contributed by atoms with Crippen LogP contribution in [0.3, 0.4) is 0 Å². The van der Waals surface area contributed by atoms with Gasteiger partial charge >= 0.3 is 0 Å². The second-order valence-electron chi connectivity index (χ2n) is 7.92. The minimum atomic E-state index is 0.417. The maximum Gasteiger partial charge on any atom is 0.119 e. The van der Waals surface area contributed by atoms with Gasteiger partial charge in [-0.05, 0) is 43.0 Å². The lowest BCUT2D eigenvalue weighted by atomic mass is 9.85. The molecule has 2 aliphatic rings. The normalized spacial score (nSPS) is 20.9. The highest BCUT2D eigenvalue weighted by atomic mass is 16.5. The first kappa shape index (κ1) is 19.3. The molecule has 2 atom stereocenters. The predicted octanol–water partition coefficient (Wildman–Crippen LogP) is 6.34. The maximum atomic E-state index is 5.42. The monoisotopic (exact) mass is 356 g/mol. The van der Waals surface area contributed by atoms with Crippen molar-refractivity contribution in [2.45, 2.75) is 89.5 Å². The van der Waals surface area contributed by atoms with E-state index in [1.54, 1.807) is 7.11 Å². The highest BCUT2D eigenvalue weighted by Crippen LogP contribution is 2.42. The number of anilines is 1. The Kier molecular flexibility index (Phi) is 7.40. The molecule has 3 heteroatoms. The predicted molar refractivity (Wildman–Crippen MR) is 112 cm³/mol. The van der Waals surface area contributed by atoms with Crippen LogP contribution in [-0.2, 0) is 0 Å². The lowest BCUT2D eigenvalue weighted by Gasteiger charge is -2.26. The number of unbranched alkanes of at least 4 members (excludes halogenated alkanes) is 8. The molecule has 2 heterocycles. The second-order valence-corrected chi connectivity index (χ2v) is 7.92. The molecule has 0 aliphatic carbocycles. The molecule has 0 fully saturated rings. The zero-order valence-corrected chi connectivity index (χ0v) is 16.7. The Morgan fingerprint density at radius 1 is 1.04 bits per heavy atom. The topological polar surface area (TPSA) is 33.6 Å². The summed E-state index contributed by atoms with van der Waals surface area (Å²) in [5, 5.41) is 3.73. The van der Waals surface area contributed by atoms with Crippen LogP contribution in [0.1, 0.15) is 89.0 Å². The number of benzene rings is 1. The van der Waals surface area contributed by atoms with Crippen LogP contribution in [0.15, 0.2) is 23.2 Å². The van der Waals surface area contributed by atoms with E-state index in [2.05, 4.69) is 30.4 Å². The van der Waals surface area contributed by atoms with Crippen molar-refractivity contribution < 1.29 is 4.74 Å². The van der Waals surface area contributed by atoms with E-state index >= 15 is 0 Å². The molecule has 2 aliphatic heterocycles. The minimum absolute atomic E-state index is 0.417. The van der Waals surface area contributed by atoms with Gasteiger partial charge in [0.1, 0.15) is 5.75 Å². The highest BCUT2D eigenvalue weighted by molar-refractivity contribution is 5.95. The van der Waals surface area contributed by atoms with Gasteiger partial charge in [-0.15, -0.1) is 0 Å². The fourth-order valence-electron chi connectivity index (χ4n) is 4.49. The molecular weight excluding hydrogens is 320 g/mol. The van der Waals surface area contributed by atoms with Gasteiger partial charge in [0.05, 0.1) is 13.2 Å². The lowest BCUT2D eigenvalue weighted by Crippen LogP contribution is -2.34. The molecule has 0 radical (unpaired) electrons. The Morgan fingerprint density at radius 3 is 2.50 bits per heavy atom. The number of ether oxygens (including phenoxy) is 1. The summed E-state index contributed by atoms with van der Waals surface area (Å²) in [6.07, 6.45) is 14.8. The van der Waals surface area contributed by atoms with E-state index < -0.39 is 0 Å². The number of nitrogens with zero attached hydrogens (tertiary/aromatic N) is 1. The van der Waals surface area contributed by atoms with Crippen molar-refractivity contribution in [3.05, 3.63) is 23.8 Å². The third-order valence-corrected chi connectivity index (χ3v) is 6.02. The fourth-order valence-corrected chi connectivity index (χ4v) is 4.49. The van der Waals surface area contributed by atoms with Gasteiger partial charge in [-0.3, -0.25) is 4.99 Å². The van der Waals surface area contributed by atoms with Crippen molar-refractivity contribution in [2.75, 3.05) is 19.0 Å². The quantitative estimate of drug-likeness (QED) is 0.469. The largest absolute Gasteiger partial charge is 0.497 e. The Balaban J connectivity index is 1.41. The smallest absolute Gasteiger partial charge is 0.119 e. The summed E-state index contributed by atoms with van der Waals surface area (Å²) in [5.41, 5.74) is 4.11. The van der Waals surface area contributed by atoms with Crippen LogP contribution in [-0.4, -0.2) is 25.4 Å². The molecule has 0 saturated heterocycles. The Labute approximate surface area is 159 Å². The van der Waals surface area contributed by atoms with Gasteiger partial charge in [-0.2, -0.15) is 0 Å². The lowest BCUT2D eigenvalue weighted by molar-refractivity contribution is 0.414. The minimum Gasteiger partial charge on any atom is -0.497 e. The van der Waals surface area contributed by atoms with Crippen molar-refractivity contribution in [1.29, 1.82) is 0 Å². The van der Waals surface area contributed by atoms with Crippen molar-refractivity contribution in [1.82, 2.24) is 0 Å². The van der Waals surface area contributed by atoms with Gasteiger partial charge in [-0.25, -0.2) is 0 Å². The van der Waals surface area contributed by atoms with Gasteiger partial charge in [-0.1, -0.05) is 58.3 Å². The van der Waals surface area contributed by atoms with Crippen LogP contribution in [0.25, 0.3) is 0 Å². The number of rotatable bonds is 11. The molecule has 1 aromatic rings. The Bertz CT molecular complexity index is 596. The van der Waals surface area contributed by atoms with Crippen molar-refractivity contribution in [3.63, 3.8) is 0 Å². The Hall–Kier alpha value is -1.51. The molecule has 0 saturated carbocycles. The average molecular weight is 357 g/mol. The SMILES string of the molecule is CCCCCCCCCCCC1=NCCC2c3cc(OC)ccc3NC12. The molecule has 0 spiro atoms. The number of methoxy groups -OCH3 is 1. The summed E-state index contributed by atoms with van der Waals surface area (Å²) in [6, 6.07) is 6.86. The molecule has 3 rings (SSSR count). The molecule has 2 unspecified atom stereocenters. The van der Waals surface area contributed by atoms with Crippen molar-refractivity contribution >= 4 is 11.4 Å². The third-order valence-electron chi connectivity index (χ3n) is 6.02. The van der Waals surface area contributed by atoms with Crippen LogP contribution >= 0.6 is 0 Å². The fraction of sp³-hybridized carbons (Fsp3) is 0.696. The molecule has 0 amide bonds. The van der Waals surface area contributed by atoms with E-state index in [-0.39, 0.29) is 0 Å². The molecule has 26 heavy (non-hydrogen) atoms. The summed E-state index contributed by atoms with van der Waals surface area (Å²) in [6.45, 7) is 3.26. The van der Waals surface area contributed by atoms with E-state index in [1.165, 1.54) is 74.7 Å². The molecule has 1 aromatic carbocycles. The van der Waals surface area contributed by atoms with Crippen LogP contribution in [0.5, 0.6) is 5.75 Å². The summed E-state index contributed by atoms with van der Waals surface area (Å²) in [7, 11) is 1.75. The van der Waals surface area contributed by atoms with E-state index in [4.69, 9.17) is 9.73 Å². The van der Waals surface area contributed by atoms with Gasteiger partial charge < -0.3 is 10.1 Å². The molecular formula is C23H36N2O. The van der Waals surface area contributed by atoms with E-state index in [0.29, 0.717) is 12.0 Å². The summed E-state index contributed by atoms with van der Waals surface area (Å²) in [4.78, 5) is 4.89. The zero-order chi connectivity index (χ0) is 18.2. The van der Waals surface area contributed by atoms with Gasteiger partial charge in [0, 0.05) is 23.9 Å². The van der Waals surface area contributed by atoms with Gasteiger partial charge in [0.15, 0.2) is 0 Å². The highest BCUT2D eigenvalue weighted by Gasteiger charge is 2.36. The summed E-state index contributed by atoms with van der Waals surface area (Å²) in [5.74, 6) is 1.54.